The van der Waals surface area contributed by atoms with Gasteiger partial charge in [0.15, 0.2) is 28.7 Å². The average Bonchev–Trinajstić information content (AvgIpc) is 3.46. The van der Waals surface area contributed by atoms with Crippen LogP contribution in [0.25, 0.3) is 16.9 Å². The van der Waals surface area contributed by atoms with E-state index >= 15 is 0 Å². The highest BCUT2D eigenvalue weighted by Crippen LogP contribution is 2.41. The lowest BCUT2D eigenvalue weighted by atomic mass is 10.1. The molecule has 0 atom stereocenters. The predicted octanol–water partition coefficient (Wildman–Crippen LogP) is 3.09. The summed E-state index contributed by atoms with van der Waals surface area (Å²) in [5.41, 5.74) is 2.93. The van der Waals surface area contributed by atoms with E-state index in [-0.39, 0.29) is 5.69 Å². The lowest BCUT2D eigenvalue weighted by Gasteiger charge is -2.16. The van der Waals surface area contributed by atoms with E-state index in [1.165, 1.54) is 19.1 Å². The Hall–Kier alpha value is -3.93. The van der Waals surface area contributed by atoms with Gasteiger partial charge in [0, 0.05) is 32.1 Å². The first-order chi connectivity index (χ1) is 16.0. The van der Waals surface area contributed by atoms with Crippen molar-refractivity contribution in [3.63, 3.8) is 0 Å². The molecule has 0 amide bonds. The van der Waals surface area contributed by atoms with Crippen molar-refractivity contribution in [2.75, 3.05) is 38.4 Å². The number of rotatable bonds is 8. The van der Waals surface area contributed by atoms with Crippen molar-refractivity contribution in [2.45, 2.75) is 4.90 Å². The molecule has 0 spiro atoms. The summed E-state index contributed by atoms with van der Waals surface area (Å²) in [4.78, 5) is 21.9. The van der Waals surface area contributed by atoms with Gasteiger partial charge < -0.3 is 24.2 Å². The molecule has 0 saturated carbocycles. The largest absolute Gasteiger partial charge is 0.493 e. The topological polar surface area (TPSA) is 117 Å². The molecule has 11 nitrogen and oxygen atoms in total. The molecular formula is C21H23N7O4S. The van der Waals surface area contributed by atoms with Crippen LogP contribution in [0.2, 0.25) is 0 Å². The summed E-state index contributed by atoms with van der Waals surface area (Å²) in [6.45, 7) is 0. The lowest BCUT2D eigenvalue weighted by molar-refractivity contribution is 0.0593. The van der Waals surface area contributed by atoms with Gasteiger partial charge in [0.25, 0.3) is 0 Å². The number of anilines is 2. The van der Waals surface area contributed by atoms with E-state index in [0.717, 1.165) is 16.2 Å². The third-order valence-electron chi connectivity index (χ3n) is 4.86. The highest BCUT2D eigenvalue weighted by Gasteiger charge is 2.19. The van der Waals surface area contributed by atoms with Gasteiger partial charge in [-0.05, 0) is 24.1 Å². The summed E-state index contributed by atoms with van der Waals surface area (Å²) in [7, 11) is 8.04. The second-order valence-electron chi connectivity index (χ2n) is 6.87. The Kier molecular flexibility index (Phi) is 6.27. The van der Waals surface area contributed by atoms with Crippen LogP contribution in [0.3, 0.4) is 0 Å². The number of nitrogens with one attached hydrogen (secondary N) is 2. The van der Waals surface area contributed by atoms with Gasteiger partial charge in [0.2, 0.25) is 0 Å². The zero-order valence-corrected chi connectivity index (χ0v) is 19.6. The molecule has 0 aliphatic rings. The van der Waals surface area contributed by atoms with Crippen molar-refractivity contribution in [3.8, 4) is 22.8 Å². The lowest BCUT2D eigenvalue weighted by Crippen LogP contribution is -2.09. The molecule has 0 bridgehead atoms. The molecule has 3 aromatic heterocycles. The number of imidazole rings is 1. The Morgan fingerprint density at radius 2 is 1.94 bits per heavy atom. The van der Waals surface area contributed by atoms with Gasteiger partial charge in [-0.25, -0.2) is 14.8 Å². The second kappa shape index (κ2) is 9.28. The molecule has 3 heterocycles. The molecule has 4 aromatic rings. The van der Waals surface area contributed by atoms with E-state index < -0.39 is 5.97 Å². The second-order valence-corrected chi connectivity index (χ2v) is 7.75. The zero-order chi connectivity index (χ0) is 23.5. The number of benzene rings is 1. The fourth-order valence-corrected chi connectivity index (χ4v) is 4.01. The Labute approximate surface area is 194 Å². The molecule has 2 N–H and O–H groups in total. The van der Waals surface area contributed by atoms with Gasteiger partial charge in [-0.2, -0.15) is 5.10 Å². The van der Waals surface area contributed by atoms with Gasteiger partial charge in [-0.3, -0.25) is 9.08 Å². The summed E-state index contributed by atoms with van der Waals surface area (Å²) in [6.07, 6.45) is 6.96. The molecule has 0 fully saturated rings. The fraction of sp³-hybridized carbons (Fsp3) is 0.238. The summed E-state index contributed by atoms with van der Waals surface area (Å²) >= 11 is 1.40. The first-order valence-electron chi connectivity index (χ1n) is 9.81. The Bertz CT molecular complexity index is 1320. The van der Waals surface area contributed by atoms with Crippen LogP contribution in [0, 0.1) is 0 Å². The number of carbonyl (C=O) groups excluding carboxylic acids is 1. The first-order valence-corrected chi connectivity index (χ1v) is 10.6. The van der Waals surface area contributed by atoms with Crippen LogP contribution in [0.1, 0.15) is 10.5 Å². The number of hydrogen-bond acceptors (Lipinski definition) is 10. The third kappa shape index (κ3) is 4.24. The molecule has 0 unspecified atom stereocenters. The maximum Gasteiger partial charge on any atom is 0.358 e. The van der Waals surface area contributed by atoms with Crippen LogP contribution < -0.4 is 19.5 Å². The number of aromatic nitrogens is 5. The smallest absolute Gasteiger partial charge is 0.358 e. The monoisotopic (exact) mass is 469 g/mol. The van der Waals surface area contributed by atoms with E-state index in [1.54, 1.807) is 48.9 Å². The van der Waals surface area contributed by atoms with E-state index in [9.17, 15) is 4.79 Å². The van der Waals surface area contributed by atoms with Crippen molar-refractivity contribution in [2.24, 2.45) is 7.05 Å². The van der Waals surface area contributed by atoms with Crippen LogP contribution in [-0.2, 0) is 11.8 Å². The van der Waals surface area contributed by atoms with Gasteiger partial charge in [-0.1, -0.05) is 0 Å². The van der Waals surface area contributed by atoms with Gasteiger partial charge >= 0.3 is 5.97 Å². The minimum Gasteiger partial charge on any atom is -0.493 e. The van der Waals surface area contributed by atoms with Crippen molar-refractivity contribution >= 4 is 35.1 Å². The third-order valence-corrected chi connectivity index (χ3v) is 5.63. The standard InChI is InChI=1S/C21H23N7O4S/c1-22-19-20-23-9-16(28(20)11-15(25-19)21(29)32-5)12-6-14(18(31-4)17(7-12)30-3)26-33-13-8-24-27(2)10-13/h6-11,26H,1-5H3,(H,22,25). The number of carbonyl (C=O) groups is 1. The highest BCUT2D eigenvalue weighted by atomic mass is 32.2. The molecule has 172 valence electrons. The van der Waals surface area contributed by atoms with Crippen LogP contribution in [-0.4, -0.2) is 58.5 Å². The van der Waals surface area contributed by atoms with E-state index in [4.69, 9.17) is 14.2 Å². The van der Waals surface area contributed by atoms with Gasteiger partial charge in [0.1, 0.15) is 0 Å². The molecule has 0 aliphatic heterocycles. The van der Waals surface area contributed by atoms with Crippen molar-refractivity contribution < 1.29 is 19.0 Å². The number of ether oxygens (including phenoxy) is 3. The van der Waals surface area contributed by atoms with Crippen LogP contribution in [0.5, 0.6) is 11.5 Å². The minimum atomic E-state index is -0.546. The Morgan fingerprint density at radius 3 is 2.58 bits per heavy atom. The number of methoxy groups -OCH3 is 3. The average molecular weight is 470 g/mol. The summed E-state index contributed by atoms with van der Waals surface area (Å²) in [5.74, 6) is 1.00. The van der Waals surface area contributed by atoms with Crippen molar-refractivity contribution in [1.82, 2.24) is 24.1 Å². The maximum atomic E-state index is 12.2. The maximum absolute atomic E-state index is 12.2. The SMILES string of the molecule is CNc1nc(C(=O)OC)cn2c(-c3cc(NSc4cnn(C)c4)c(OC)c(OC)c3)cnc12. The van der Waals surface area contributed by atoms with Crippen LogP contribution in [0.4, 0.5) is 11.5 Å². The first kappa shape index (κ1) is 22.3. The van der Waals surface area contributed by atoms with Crippen LogP contribution >= 0.6 is 11.9 Å². The number of aryl methyl sites for hydroxylation is 1. The zero-order valence-electron chi connectivity index (χ0n) is 18.7. The van der Waals surface area contributed by atoms with Crippen LogP contribution in [0.15, 0.2) is 41.8 Å². The molecule has 4 rings (SSSR count). The van der Waals surface area contributed by atoms with E-state index in [0.29, 0.717) is 28.7 Å². The Morgan fingerprint density at radius 1 is 1.12 bits per heavy atom. The van der Waals surface area contributed by atoms with Gasteiger partial charge in [0.05, 0.1) is 50.0 Å². The number of nitrogens with zero attached hydrogens (tertiary/aromatic N) is 5. The highest BCUT2D eigenvalue weighted by molar-refractivity contribution is 8.00. The number of esters is 1. The summed E-state index contributed by atoms with van der Waals surface area (Å²) in [5, 5.41) is 7.16. The van der Waals surface area contributed by atoms with Crippen molar-refractivity contribution in [1.29, 1.82) is 0 Å². The van der Waals surface area contributed by atoms with Crippen molar-refractivity contribution in [3.05, 3.63) is 42.6 Å². The number of fused-ring (bicyclic) bond motifs is 1. The van der Waals surface area contributed by atoms with E-state index in [2.05, 4.69) is 25.1 Å². The quantitative estimate of drug-likeness (QED) is 0.294. The summed E-state index contributed by atoms with van der Waals surface area (Å²) < 4.78 is 22.9. The fourth-order valence-electron chi connectivity index (χ4n) is 3.33. The molecule has 33 heavy (non-hydrogen) atoms. The normalized spacial score (nSPS) is 10.8. The molecule has 1 aromatic carbocycles. The molecule has 0 saturated heterocycles. The minimum absolute atomic E-state index is 0.152. The molecule has 12 heteroatoms. The molecule has 0 radical (unpaired) electrons. The number of hydrogen-bond donors (Lipinski definition) is 2. The predicted molar refractivity (Wildman–Crippen MR) is 125 cm³/mol. The molecule has 0 aliphatic carbocycles. The molecular weight excluding hydrogens is 446 g/mol. The summed E-state index contributed by atoms with van der Waals surface area (Å²) in [6, 6.07) is 3.77. The van der Waals surface area contributed by atoms with E-state index in [1.807, 2.05) is 25.4 Å². The Balaban J connectivity index is 1.83. The van der Waals surface area contributed by atoms with Gasteiger partial charge in [-0.15, -0.1) is 0 Å².